The Morgan fingerprint density at radius 3 is 2.06 bits per heavy atom. The molecule has 248 valence electrons. The SMILES string of the molecule is Cc1ccc(S(=O)(=O)N(CC(=O)N(Cc2ccc(F)cc2)C(Cc2ccccc2)C(=O)NC(C)C)c2cccc(C(F)(F)F)c2)cc1. The van der Waals surface area contributed by atoms with Crippen LogP contribution in [0.25, 0.3) is 0 Å². The molecule has 4 aromatic carbocycles. The number of carbonyl (C=O) groups is 2. The first-order valence-corrected chi connectivity index (χ1v) is 16.2. The summed E-state index contributed by atoms with van der Waals surface area (Å²) in [4.78, 5) is 29.0. The molecule has 1 unspecified atom stereocenters. The number of carbonyl (C=O) groups excluding carboxylic acids is 2. The summed E-state index contributed by atoms with van der Waals surface area (Å²) in [6.45, 7) is 4.08. The molecule has 12 heteroatoms. The van der Waals surface area contributed by atoms with Gasteiger partial charge in [-0.2, -0.15) is 13.2 Å². The third-order valence-electron chi connectivity index (χ3n) is 7.32. The smallest absolute Gasteiger partial charge is 0.352 e. The van der Waals surface area contributed by atoms with Crippen LogP contribution in [-0.4, -0.2) is 43.8 Å². The van der Waals surface area contributed by atoms with Crippen molar-refractivity contribution in [2.45, 2.75) is 56.9 Å². The highest BCUT2D eigenvalue weighted by atomic mass is 32.2. The van der Waals surface area contributed by atoms with Crippen LogP contribution >= 0.6 is 0 Å². The van der Waals surface area contributed by atoms with E-state index in [1.807, 2.05) is 0 Å². The number of aryl methyl sites for hydroxylation is 1. The number of benzene rings is 4. The summed E-state index contributed by atoms with van der Waals surface area (Å²) in [5.41, 5.74) is 0.406. The second-order valence-electron chi connectivity index (χ2n) is 11.4. The zero-order valence-corrected chi connectivity index (χ0v) is 26.9. The lowest BCUT2D eigenvalue weighted by Crippen LogP contribution is -2.54. The molecule has 0 bridgehead atoms. The molecule has 2 amide bonds. The van der Waals surface area contributed by atoms with Crippen LogP contribution in [0.2, 0.25) is 0 Å². The molecule has 0 saturated heterocycles. The monoisotopic (exact) mass is 669 g/mol. The van der Waals surface area contributed by atoms with Crippen molar-refractivity contribution < 1.29 is 35.6 Å². The molecule has 0 heterocycles. The van der Waals surface area contributed by atoms with Gasteiger partial charge in [0.15, 0.2) is 0 Å². The molecular weight excluding hydrogens is 634 g/mol. The topological polar surface area (TPSA) is 86.8 Å². The molecule has 0 saturated carbocycles. The van der Waals surface area contributed by atoms with Crippen molar-refractivity contribution in [3.63, 3.8) is 0 Å². The normalized spacial score (nSPS) is 12.4. The average molecular weight is 670 g/mol. The van der Waals surface area contributed by atoms with Crippen molar-refractivity contribution >= 4 is 27.5 Å². The Balaban J connectivity index is 1.84. The Morgan fingerprint density at radius 2 is 1.47 bits per heavy atom. The van der Waals surface area contributed by atoms with Gasteiger partial charge in [-0.3, -0.25) is 13.9 Å². The van der Waals surface area contributed by atoms with E-state index in [1.54, 1.807) is 51.1 Å². The van der Waals surface area contributed by atoms with E-state index in [2.05, 4.69) is 5.32 Å². The Morgan fingerprint density at radius 1 is 0.830 bits per heavy atom. The van der Waals surface area contributed by atoms with Gasteiger partial charge in [-0.05, 0) is 74.4 Å². The standard InChI is InChI=1S/C35H35F4N3O4S/c1-24(2)40-34(44)32(20-26-8-5-4-6-9-26)41(22-27-14-16-29(36)17-15-27)33(43)23-42(30-11-7-10-28(21-30)35(37,38)39)47(45,46)31-18-12-25(3)13-19-31/h4-19,21,24,32H,20,22-23H2,1-3H3,(H,40,44). The zero-order valence-electron chi connectivity index (χ0n) is 26.0. The van der Waals surface area contributed by atoms with E-state index < -0.39 is 52.0 Å². The van der Waals surface area contributed by atoms with E-state index in [0.29, 0.717) is 21.5 Å². The highest BCUT2D eigenvalue weighted by Crippen LogP contribution is 2.33. The lowest BCUT2D eigenvalue weighted by molar-refractivity contribution is -0.140. The molecule has 4 aromatic rings. The number of alkyl halides is 3. The Hall–Kier alpha value is -4.71. The largest absolute Gasteiger partial charge is 0.416 e. The number of rotatable bonds is 12. The van der Waals surface area contributed by atoms with Gasteiger partial charge in [0, 0.05) is 19.0 Å². The van der Waals surface area contributed by atoms with E-state index in [0.717, 1.165) is 17.7 Å². The van der Waals surface area contributed by atoms with E-state index >= 15 is 0 Å². The summed E-state index contributed by atoms with van der Waals surface area (Å²) in [5.74, 6) is -1.90. The maximum Gasteiger partial charge on any atom is 0.416 e. The molecule has 0 aliphatic heterocycles. The molecule has 1 N–H and O–H groups in total. The number of hydrogen-bond donors (Lipinski definition) is 1. The van der Waals surface area contributed by atoms with Crippen LogP contribution in [0.1, 0.15) is 36.1 Å². The van der Waals surface area contributed by atoms with Crippen molar-refractivity contribution in [1.29, 1.82) is 0 Å². The quantitative estimate of drug-likeness (QED) is 0.174. The lowest BCUT2D eigenvalue weighted by atomic mass is 10.0. The number of nitrogens with one attached hydrogen (secondary N) is 1. The van der Waals surface area contributed by atoms with E-state index in [1.165, 1.54) is 59.5 Å². The summed E-state index contributed by atoms with van der Waals surface area (Å²) in [5, 5.41) is 2.81. The predicted molar refractivity (Wildman–Crippen MR) is 171 cm³/mol. The second-order valence-corrected chi connectivity index (χ2v) is 13.3. The van der Waals surface area contributed by atoms with Crippen LogP contribution in [0.5, 0.6) is 0 Å². The van der Waals surface area contributed by atoms with E-state index in [-0.39, 0.29) is 29.6 Å². The van der Waals surface area contributed by atoms with Crippen molar-refractivity contribution in [2.75, 3.05) is 10.8 Å². The van der Waals surface area contributed by atoms with Crippen LogP contribution in [-0.2, 0) is 38.8 Å². The fourth-order valence-corrected chi connectivity index (χ4v) is 6.33. The van der Waals surface area contributed by atoms with E-state index in [4.69, 9.17) is 0 Å². The third kappa shape index (κ3) is 9.19. The minimum Gasteiger partial charge on any atom is -0.352 e. The molecule has 0 fully saturated rings. The van der Waals surface area contributed by atoms with Crippen molar-refractivity contribution in [3.05, 3.63) is 131 Å². The predicted octanol–water partition coefficient (Wildman–Crippen LogP) is 6.51. The van der Waals surface area contributed by atoms with Gasteiger partial charge in [-0.25, -0.2) is 12.8 Å². The number of anilines is 1. The molecule has 7 nitrogen and oxygen atoms in total. The summed E-state index contributed by atoms with van der Waals surface area (Å²) < 4.78 is 83.8. The van der Waals surface area contributed by atoms with Gasteiger partial charge in [-0.1, -0.05) is 66.2 Å². The summed E-state index contributed by atoms with van der Waals surface area (Å²) in [6, 6.07) is 22.0. The molecule has 0 spiro atoms. The van der Waals surface area contributed by atoms with Gasteiger partial charge in [0.05, 0.1) is 16.1 Å². The number of sulfonamides is 1. The number of halogens is 4. The maximum atomic E-state index is 14.4. The fourth-order valence-electron chi connectivity index (χ4n) is 4.92. The zero-order chi connectivity index (χ0) is 34.4. The Labute approximate surface area is 271 Å². The molecule has 0 radical (unpaired) electrons. The van der Waals surface area contributed by atoms with Gasteiger partial charge in [0.2, 0.25) is 11.8 Å². The Bertz CT molecular complexity index is 1780. The lowest BCUT2D eigenvalue weighted by Gasteiger charge is -2.34. The summed E-state index contributed by atoms with van der Waals surface area (Å²) in [6.07, 6.45) is -4.75. The summed E-state index contributed by atoms with van der Waals surface area (Å²) >= 11 is 0. The van der Waals surface area contributed by atoms with Crippen molar-refractivity contribution in [3.8, 4) is 0 Å². The van der Waals surface area contributed by atoms with Gasteiger partial charge < -0.3 is 10.2 Å². The first kappa shape index (κ1) is 35.1. The molecule has 0 aliphatic carbocycles. The molecule has 0 aromatic heterocycles. The van der Waals surface area contributed by atoms with Crippen LogP contribution in [0.3, 0.4) is 0 Å². The van der Waals surface area contributed by atoms with Crippen LogP contribution < -0.4 is 9.62 Å². The first-order chi connectivity index (χ1) is 22.1. The van der Waals surface area contributed by atoms with Crippen LogP contribution in [0.4, 0.5) is 23.2 Å². The molecule has 1 atom stereocenters. The van der Waals surface area contributed by atoms with Crippen molar-refractivity contribution in [1.82, 2.24) is 10.2 Å². The minimum absolute atomic E-state index is 0.0423. The van der Waals surface area contributed by atoms with Gasteiger partial charge in [0.25, 0.3) is 10.0 Å². The molecular formula is C35H35F4N3O4S. The van der Waals surface area contributed by atoms with E-state index in [9.17, 15) is 35.6 Å². The summed E-state index contributed by atoms with van der Waals surface area (Å²) in [7, 11) is -4.60. The highest BCUT2D eigenvalue weighted by molar-refractivity contribution is 7.92. The molecule has 4 rings (SSSR count). The molecule has 47 heavy (non-hydrogen) atoms. The van der Waals surface area contributed by atoms with Crippen molar-refractivity contribution in [2.24, 2.45) is 0 Å². The van der Waals surface area contributed by atoms with Crippen LogP contribution in [0, 0.1) is 12.7 Å². The average Bonchev–Trinajstić information content (AvgIpc) is 3.02. The van der Waals surface area contributed by atoms with Gasteiger partial charge in [0.1, 0.15) is 18.4 Å². The maximum absolute atomic E-state index is 14.4. The number of amides is 2. The Kier molecular flexibility index (Phi) is 11.1. The highest BCUT2D eigenvalue weighted by Gasteiger charge is 2.36. The number of hydrogen-bond acceptors (Lipinski definition) is 4. The third-order valence-corrected chi connectivity index (χ3v) is 9.11. The fraction of sp³-hybridized carbons (Fsp3) is 0.257. The first-order valence-electron chi connectivity index (χ1n) is 14.8. The molecule has 0 aliphatic rings. The second kappa shape index (κ2) is 14.8. The minimum atomic E-state index is -4.79. The van der Waals surface area contributed by atoms with Crippen LogP contribution in [0.15, 0.2) is 108 Å². The van der Waals surface area contributed by atoms with Gasteiger partial charge >= 0.3 is 6.18 Å². The number of nitrogens with zero attached hydrogens (tertiary/aromatic N) is 2. The van der Waals surface area contributed by atoms with Gasteiger partial charge in [-0.15, -0.1) is 0 Å².